The maximum absolute atomic E-state index is 11.8. The standard InChI is InChI=1S/C14H20ClNO3S/c1-19-8-13(6-7-17)16-14(18)10-20-9-11-2-4-12(15)5-3-11/h2-5,13,17H,6-10H2,1H3,(H,16,18). The van der Waals surface area contributed by atoms with E-state index in [-0.39, 0.29) is 18.6 Å². The lowest BCUT2D eigenvalue weighted by molar-refractivity contribution is -0.119. The number of amides is 1. The summed E-state index contributed by atoms with van der Waals surface area (Å²) < 4.78 is 5.00. The van der Waals surface area contributed by atoms with Crippen LogP contribution in [0.1, 0.15) is 12.0 Å². The van der Waals surface area contributed by atoms with Crippen molar-refractivity contribution in [3.05, 3.63) is 34.9 Å². The summed E-state index contributed by atoms with van der Waals surface area (Å²) in [4.78, 5) is 11.8. The maximum atomic E-state index is 11.8. The van der Waals surface area contributed by atoms with Crippen LogP contribution in [0.3, 0.4) is 0 Å². The summed E-state index contributed by atoms with van der Waals surface area (Å²) >= 11 is 7.35. The zero-order valence-corrected chi connectivity index (χ0v) is 13.0. The van der Waals surface area contributed by atoms with Gasteiger partial charge in [-0.2, -0.15) is 0 Å². The van der Waals surface area contributed by atoms with Crippen LogP contribution in [-0.4, -0.2) is 43.1 Å². The van der Waals surface area contributed by atoms with E-state index in [1.165, 1.54) is 0 Å². The summed E-state index contributed by atoms with van der Waals surface area (Å²) in [5.41, 5.74) is 1.14. The second-order valence-corrected chi connectivity index (χ2v) is 5.77. The van der Waals surface area contributed by atoms with Crippen molar-refractivity contribution in [1.29, 1.82) is 0 Å². The smallest absolute Gasteiger partial charge is 0.230 e. The Bertz CT molecular complexity index is 394. The largest absolute Gasteiger partial charge is 0.396 e. The third-order valence-corrected chi connectivity index (χ3v) is 3.88. The Morgan fingerprint density at radius 1 is 1.45 bits per heavy atom. The Labute approximate surface area is 128 Å². The maximum Gasteiger partial charge on any atom is 0.230 e. The van der Waals surface area contributed by atoms with Crippen molar-refractivity contribution < 1.29 is 14.6 Å². The quantitative estimate of drug-likeness (QED) is 0.732. The summed E-state index contributed by atoms with van der Waals surface area (Å²) in [5.74, 6) is 1.10. The molecule has 6 heteroatoms. The lowest BCUT2D eigenvalue weighted by atomic mass is 10.2. The Kier molecular flexibility index (Phi) is 8.69. The molecule has 0 aliphatic heterocycles. The predicted octanol–water partition coefficient (Wildman–Crippen LogP) is 2.09. The van der Waals surface area contributed by atoms with Crippen LogP contribution in [0, 0.1) is 0 Å². The van der Waals surface area contributed by atoms with Gasteiger partial charge in [-0.3, -0.25) is 4.79 Å². The number of carbonyl (C=O) groups is 1. The number of benzene rings is 1. The third-order valence-electron chi connectivity index (χ3n) is 2.63. The van der Waals surface area contributed by atoms with Crippen LogP contribution >= 0.6 is 23.4 Å². The minimum atomic E-state index is -0.131. The predicted molar refractivity (Wildman–Crippen MR) is 83.1 cm³/mol. The Balaban J connectivity index is 2.26. The van der Waals surface area contributed by atoms with Gasteiger partial charge in [0.2, 0.25) is 5.91 Å². The van der Waals surface area contributed by atoms with Gasteiger partial charge in [0.1, 0.15) is 0 Å². The van der Waals surface area contributed by atoms with E-state index in [1.807, 2.05) is 24.3 Å². The van der Waals surface area contributed by atoms with Gasteiger partial charge in [-0.25, -0.2) is 0 Å². The van der Waals surface area contributed by atoms with Gasteiger partial charge in [0.25, 0.3) is 0 Å². The van der Waals surface area contributed by atoms with E-state index in [0.717, 1.165) is 11.3 Å². The molecule has 1 rings (SSSR count). The van der Waals surface area contributed by atoms with Crippen molar-refractivity contribution in [2.24, 2.45) is 0 Å². The van der Waals surface area contributed by atoms with Crippen LogP contribution in [0.15, 0.2) is 24.3 Å². The first kappa shape index (κ1) is 17.3. The molecule has 0 bridgehead atoms. The molecule has 2 N–H and O–H groups in total. The molecular formula is C14H20ClNO3S. The van der Waals surface area contributed by atoms with E-state index in [0.29, 0.717) is 23.8 Å². The highest BCUT2D eigenvalue weighted by atomic mass is 35.5. The summed E-state index contributed by atoms with van der Waals surface area (Å²) in [5, 5.41) is 12.5. The fraction of sp³-hybridized carbons (Fsp3) is 0.500. The van der Waals surface area contributed by atoms with Gasteiger partial charge in [-0.15, -0.1) is 11.8 Å². The third kappa shape index (κ3) is 7.14. The molecule has 1 atom stereocenters. The summed E-state index contributed by atoms with van der Waals surface area (Å²) in [6, 6.07) is 7.45. The lowest BCUT2D eigenvalue weighted by Crippen LogP contribution is -2.39. The zero-order valence-electron chi connectivity index (χ0n) is 11.5. The molecule has 112 valence electrons. The van der Waals surface area contributed by atoms with Crippen LogP contribution < -0.4 is 5.32 Å². The summed E-state index contributed by atoms with van der Waals surface area (Å²) in [7, 11) is 1.58. The van der Waals surface area contributed by atoms with Crippen LogP contribution in [-0.2, 0) is 15.3 Å². The number of aliphatic hydroxyl groups is 1. The summed E-state index contributed by atoms with van der Waals surface area (Å²) in [6.45, 7) is 0.445. The van der Waals surface area contributed by atoms with E-state index >= 15 is 0 Å². The molecule has 0 saturated carbocycles. The Morgan fingerprint density at radius 3 is 2.75 bits per heavy atom. The fourth-order valence-corrected chi connectivity index (χ4v) is 2.59. The molecule has 0 heterocycles. The van der Waals surface area contributed by atoms with Gasteiger partial charge in [0.05, 0.1) is 18.4 Å². The molecule has 4 nitrogen and oxygen atoms in total. The van der Waals surface area contributed by atoms with Gasteiger partial charge >= 0.3 is 0 Å². The SMILES string of the molecule is COCC(CCO)NC(=O)CSCc1ccc(Cl)cc1. The van der Waals surface area contributed by atoms with Gasteiger partial charge in [-0.1, -0.05) is 23.7 Å². The van der Waals surface area contributed by atoms with Gasteiger partial charge in [0.15, 0.2) is 0 Å². The average Bonchev–Trinajstić information content (AvgIpc) is 2.41. The number of thioether (sulfide) groups is 1. The number of ether oxygens (including phenoxy) is 1. The number of hydrogen-bond donors (Lipinski definition) is 2. The topological polar surface area (TPSA) is 58.6 Å². The van der Waals surface area contributed by atoms with Crippen molar-refractivity contribution in [3.63, 3.8) is 0 Å². The molecule has 0 radical (unpaired) electrons. The first-order chi connectivity index (χ1) is 9.65. The van der Waals surface area contributed by atoms with Crippen molar-refractivity contribution in [2.45, 2.75) is 18.2 Å². The number of aliphatic hydroxyl groups excluding tert-OH is 1. The van der Waals surface area contributed by atoms with Gasteiger partial charge in [0, 0.05) is 24.5 Å². The number of halogens is 1. The van der Waals surface area contributed by atoms with Crippen molar-refractivity contribution in [3.8, 4) is 0 Å². The number of methoxy groups -OCH3 is 1. The van der Waals surface area contributed by atoms with E-state index in [1.54, 1.807) is 18.9 Å². The van der Waals surface area contributed by atoms with E-state index < -0.39 is 0 Å². The van der Waals surface area contributed by atoms with Gasteiger partial charge < -0.3 is 15.2 Å². The number of rotatable bonds is 9. The summed E-state index contributed by atoms with van der Waals surface area (Å²) in [6.07, 6.45) is 0.501. The molecule has 0 aromatic heterocycles. The first-order valence-electron chi connectivity index (χ1n) is 6.37. The van der Waals surface area contributed by atoms with Gasteiger partial charge in [-0.05, 0) is 24.1 Å². The minimum absolute atomic E-state index is 0.0340. The Hall–Kier alpha value is -0.750. The minimum Gasteiger partial charge on any atom is -0.396 e. The molecule has 1 aromatic rings. The van der Waals surface area contributed by atoms with Crippen LogP contribution in [0.5, 0.6) is 0 Å². The highest BCUT2D eigenvalue weighted by Crippen LogP contribution is 2.15. The second-order valence-electron chi connectivity index (χ2n) is 4.35. The van der Waals surface area contributed by atoms with Crippen LogP contribution in [0.4, 0.5) is 0 Å². The molecule has 20 heavy (non-hydrogen) atoms. The highest BCUT2D eigenvalue weighted by molar-refractivity contribution is 7.99. The zero-order chi connectivity index (χ0) is 14.8. The van der Waals surface area contributed by atoms with Crippen molar-refractivity contribution in [1.82, 2.24) is 5.32 Å². The average molecular weight is 318 g/mol. The molecule has 0 saturated heterocycles. The lowest BCUT2D eigenvalue weighted by Gasteiger charge is -2.16. The van der Waals surface area contributed by atoms with Crippen molar-refractivity contribution >= 4 is 29.3 Å². The van der Waals surface area contributed by atoms with Crippen LogP contribution in [0.2, 0.25) is 5.02 Å². The molecule has 0 spiro atoms. The number of nitrogens with one attached hydrogen (secondary N) is 1. The molecule has 1 amide bonds. The van der Waals surface area contributed by atoms with E-state index in [4.69, 9.17) is 21.4 Å². The highest BCUT2D eigenvalue weighted by Gasteiger charge is 2.11. The molecule has 0 aliphatic rings. The van der Waals surface area contributed by atoms with Crippen LogP contribution in [0.25, 0.3) is 0 Å². The monoisotopic (exact) mass is 317 g/mol. The number of carbonyl (C=O) groups excluding carboxylic acids is 1. The number of hydrogen-bond acceptors (Lipinski definition) is 4. The fourth-order valence-electron chi connectivity index (χ4n) is 1.67. The molecule has 1 aromatic carbocycles. The van der Waals surface area contributed by atoms with E-state index in [2.05, 4.69) is 5.32 Å². The first-order valence-corrected chi connectivity index (χ1v) is 7.90. The second kappa shape index (κ2) is 10.0. The van der Waals surface area contributed by atoms with E-state index in [9.17, 15) is 4.79 Å². The molecule has 1 unspecified atom stereocenters. The normalized spacial score (nSPS) is 12.2. The van der Waals surface area contributed by atoms with Crippen molar-refractivity contribution in [2.75, 3.05) is 26.1 Å². The molecule has 0 aliphatic carbocycles. The Morgan fingerprint density at radius 2 is 2.15 bits per heavy atom. The molecule has 0 fully saturated rings. The molecular weight excluding hydrogens is 298 g/mol.